The van der Waals surface area contributed by atoms with Gasteiger partial charge in [-0.3, -0.25) is 19.2 Å². The van der Waals surface area contributed by atoms with E-state index in [-0.39, 0.29) is 29.0 Å². The number of nitrogens with one attached hydrogen (secondary N) is 2. The Kier molecular flexibility index (Phi) is 8.14. The molecule has 1 aromatic heterocycles. The summed E-state index contributed by atoms with van der Waals surface area (Å²) in [5.74, 6) is -0.728. The Balaban J connectivity index is 2.06. The number of carbonyl (C=O) groups excluding carboxylic acids is 3. The van der Waals surface area contributed by atoms with E-state index in [4.69, 9.17) is 0 Å². The number of amides is 1. The van der Waals surface area contributed by atoms with Crippen molar-refractivity contribution in [2.75, 3.05) is 12.4 Å². The number of aromatic amines is 1. The molecule has 0 unspecified atom stereocenters. The summed E-state index contributed by atoms with van der Waals surface area (Å²) in [5.41, 5.74) is 0.969. The minimum absolute atomic E-state index is 0.0719. The SMILES string of the molecule is CCCC(=O)Nc1ccc(C(=O)[C@@H](C)Sc2nc(CC(=O)OC)cc(=O)[nH]2)cc1. The summed E-state index contributed by atoms with van der Waals surface area (Å²) in [6.07, 6.45) is 1.07. The highest BCUT2D eigenvalue weighted by Crippen LogP contribution is 2.23. The monoisotopic (exact) mass is 417 g/mol. The van der Waals surface area contributed by atoms with Crippen molar-refractivity contribution in [1.29, 1.82) is 0 Å². The highest BCUT2D eigenvalue weighted by atomic mass is 32.2. The molecule has 0 aliphatic heterocycles. The Morgan fingerprint density at radius 1 is 1.24 bits per heavy atom. The zero-order chi connectivity index (χ0) is 21.4. The van der Waals surface area contributed by atoms with Crippen LogP contribution in [0.3, 0.4) is 0 Å². The van der Waals surface area contributed by atoms with Gasteiger partial charge in [-0.2, -0.15) is 0 Å². The fourth-order valence-electron chi connectivity index (χ4n) is 2.47. The third-order valence-electron chi connectivity index (χ3n) is 3.91. The van der Waals surface area contributed by atoms with Gasteiger partial charge >= 0.3 is 5.97 Å². The van der Waals surface area contributed by atoms with Crippen LogP contribution >= 0.6 is 11.8 Å². The fourth-order valence-corrected chi connectivity index (χ4v) is 3.38. The molecule has 2 aromatic rings. The topological polar surface area (TPSA) is 118 Å². The van der Waals surface area contributed by atoms with Gasteiger partial charge in [0.25, 0.3) is 5.56 Å². The summed E-state index contributed by atoms with van der Waals surface area (Å²) in [7, 11) is 1.26. The lowest BCUT2D eigenvalue weighted by atomic mass is 10.1. The molecular weight excluding hydrogens is 394 g/mol. The Morgan fingerprint density at radius 3 is 2.55 bits per heavy atom. The smallest absolute Gasteiger partial charge is 0.311 e. The number of methoxy groups -OCH3 is 1. The molecule has 154 valence electrons. The number of H-pyrrole nitrogens is 1. The van der Waals surface area contributed by atoms with Crippen LogP contribution in [0, 0.1) is 0 Å². The summed E-state index contributed by atoms with van der Waals surface area (Å²) in [6, 6.07) is 7.86. The summed E-state index contributed by atoms with van der Waals surface area (Å²) in [5, 5.41) is 2.50. The number of hydrogen-bond acceptors (Lipinski definition) is 7. The molecule has 29 heavy (non-hydrogen) atoms. The Bertz CT molecular complexity index is 940. The molecule has 0 saturated carbocycles. The van der Waals surface area contributed by atoms with Crippen LogP contribution in [0.25, 0.3) is 0 Å². The van der Waals surface area contributed by atoms with E-state index in [1.807, 2.05) is 6.92 Å². The highest BCUT2D eigenvalue weighted by Gasteiger charge is 2.18. The molecule has 0 spiro atoms. The predicted octanol–water partition coefficient (Wildman–Crippen LogP) is 2.59. The van der Waals surface area contributed by atoms with Gasteiger partial charge < -0.3 is 15.0 Å². The zero-order valence-corrected chi connectivity index (χ0v) is 17.3. The Morgan fingerprint density at radius 2 is 1.93 bits per heavy atom. The van der Waals surface area contributed by atoms with E-state index in [9.17, 15) is 19.2 Å². The number of carbonyl (C=O) groups is 3. The number of anilines is 1. The van der Waals surface area contributed by atoms with E-state index in [2.05, 4.69) is 20.0 Å². The number of rotatable bonds is 9. The zero-order valence-electron chi connectivity index (χ0n) is 16.5. The molecule has 0 radical (unpaired) electrons. The van der Waals surface area contributed by atoms with Gasteiger partial charge in [-0.05, 0) is 37.6 Å². The van der Waals surface area contributed by atoms with E-state index in [0.29, 0.717) is 17.7 Å². The molecule has 2 N–H and O–H groups in total. The standard InChI is InChI=1S/C20H23N3O5S/c1-4-5-16(24)21-14-8-6-13(7-9-14)19(27)12(2)29-20-22-15(10-17(25)23-20)11-18(26)28-3/h6-10,12H,4-5,11H2,1-3H3,(H,21,24)(H,22,23,25)/t12-/m1/s1. The summed E-state index contributed by atoms with van der Waals surface area (Å²) < 4.78 is 4.58. The molecule has 0 saturated heterocycles. The van der Waals surface area contributed by atoms with Gasteiger partial charge in [-0.1, -0.05) is 18.7 Å². The maximum absolute atomic E-state index is 12.7. The van der Waals surface area contributed by atoms with E-state index in [1.54, 1.807) is 31.2 Å². The van der Waals surface area contributed by atoms with Crippen molar-refractivity contribution in [1.82, 2.24) is 9.97 Å². The molecule has 1 heterocycles. The van der Waals surface area contributed by atoms with E-state index >= 15 is 0 Å². The van der Waals surface area contributed by atoms with Gasteiger partial charge in [0.1, 0.15) is 0 Å². The number of hydrogen-bond donors (Lipinski definition) is 2. The molecule has 9 heteroatoms. The minimum Gasteiger partial charge on any atom is -0.469 e. The van der Waals surface area contributed by atoms with Crippen LogP contribution in [0.2, 0.25) is 0 Å². The van der Waals surface area contributed by atoms with Crippen molar-refractivity contribution in [3.8, 4) is 0 Å². The van der Waals surface area contributed by atoms with Gasteiger partial charge in [0, 0.05) is 23.7 Å². The van der Waals surface area contributed by atoms with Gasteiger partial charge in [0.2, 0.25) is 5.91 Å². The van der Waals surface area contributed by atoms with Crippen LogP contribution in [-0.2, 0) is 20.7 Å². The Labute approximate surface area is 172 Å². The summed E-state index contributed by atoms with van der Waals surface area (Å²) >= 11 is 1.09. The van der Waals surface area contributed by atoms with Gasteiger partial charge in [-0.15, -0.1) is 0 Å². The van der Waals surface area contributed by atoms with Crippen LogP contribution in [0.1, 0.15) is 42.7 Å². The van der Waals surface area contributed by atoms with E-state index in [1.165, 1.54) is 13.2 Å². The molecule has 2 rings (SSSR count). The van der Waals surface area contributed by atoms with Crippen LogP contribution in [0.4, 0.5) is 5.69 Å². The number of esters is 1. The van der Waals surface area contributed by atoms with E-state index in [0.717, 1.165) is 18.2 Å². The minimum atomic E-state index is -0.521. The molecule has 1 amide bonds. The second-order valence-electron chi connectivity index (χ2n) is 6.29. The number of Topliss-reactive ketones (excluding diaryl/α,β-unsaturated/α-hetero) is 1. The first-order chi connectivity index (χ1) is 13.8. The summed E-state index contributed by atoms with van der Waals surface area (Å²) in [6.45, 7) is 3.63. The summed E-state index contributed by atoms with van der Waals surface area (Å²) in [4.78, 5) is 54.3. The van der Waals surface area contributed by atoms with Crippen molar-refractivity contribution in [3.63, 3.8) is 0 Å². The normalized spacial score (nSPS) is 11.6. The largest absolute Gasteiger partial charge is 0.469 e. The number of ketones is 1. The number of ether oxygens (including phenoxy) is 1. The lowest BCUT2D eigenvalue weighted by Gasteiger charge is -2.11. The second-order valence-corrected chi connectivity index (χ2v) is 7.62. The van der Waals surface area contributed by atoms with E-state index < -0.39 is 16.8 Å². The molecular formula is C20H23N3O5S. The average Bonchev–Trinajstić information content (AvgIpc) is 2.67. The third kappa shape index (κ3) is 6.86. The van der Waals surface area contributed by atoms with Crippen LogP contribution in [0.15, 0.2) is 40.3 Å². The maximum atomic E-state index is 12.7. The lowest BCUT2D eigenvalue weighted by molar-refractivity contribution is -0.139. The number of benzene rings is 1. The van der Waals surface area contributed by atoms with Crippen LogP contribution in [0.5, 0.6) is 0 Å². The maximum Gasteiger partial charge on any atom is 0.311 e. The molecule has 0 aliphatic carbocycles. The molecule has 1 aromatic carbocycles. The highest BCUT2D eigenvalue weighted by molar-refractivity contribution is 8.00. The van der Waals surface area contributed by atoms with Crippen molar-refractivity contribution in [3.05, 3.63) is 51.9 Å². The average molecular weight is 417 g/mol. The Hall–Kier alpha value is -2.94. The quantitative estimate of drug-likeness (QED) is 0.279. The first-order valence-electron chi connectivity index (χ1n) is 9.10. The van der Waals surface area contributed by atoms with Crippen molar-refractivity contribution in [2.45, 2.75) is 43.5 Å². The van der Waals surface area contributed by atoms with Gasteiger partial charge in [0.15, 0.2) is 10.9 Å². The number of thioether (sulfide) groups is 1. The molecule has 1 atom stereocenters. The molecule has 0 fully saturated rings. The molecule has 0 aliphatic rings. The van der Waals surface area contributed by atoms with Crippen LogP contribution in [-0.4, -0.2) is 40.0 Å². The first-order valence-corrected chi connectivity index (χ1v) is 9.98. The first kappa shape index (κ1) is 22.4. The van der Waals surface area contributed by atoms with Crippen molar-refractivity contribution < 1.29 is 19.1 Å². The predicted molar refractivity (Wildman–Crippen MR) is 110 cm³/mol. The third-order valence-corrected chi connectivity index (χ3v) is 4.90. The van der Waals surface area contributed by atoms with Gasteiger partial charge in [0.05, 0.1) is 24.5 Å². The van der Waals surface area contributed by atoms with Crippen molar-refractivity contribution >= 4 is 35.1 Å². The number of aromatic nitrogens is 2. The fraction of sp³-hybridized carbons (Fsp3) is 0.350. The molecule has 8 nitrogen and oxygen atoms in total. The van der Waals surface area contributed by atoms with Crippen LogP contribution < -0.4 is 10.9 Å². The lowest BCUT2D eigenvalue weighted by Crippen LogP contribution is -2.18. The molecule has 0 bridgehead atoms. The van der Waals surface area contributed by atoms with Crippen molar-refractivity contribution in [2.24, 2.45) is 0 Å². The van der Waals surface area contributed by atoms with Gasteiger partial charge in [-0.25, -0.2) is 4.98 Å². The number of nitrogens with zero attached hydrogens (tertiary/aromatic N) is 1. The second kappa shape index (κ2) is 10.6.